The first-order chi connectivity index (χ1) is 18.7. The van der Waals surface area contributed by atoms with E-state index < -0.39 is 20.2 Å². The number of nitrogens with zero attached hydrogens (tertiary/aromatic N) is 1. The van der Waals surface area contributed by atoms with E-state index >= 15 is 0 Å². The standard InChI is InChI=1S/C31H40NO6S2.H2O/c1-24(2)25(20-23-40(36,37)38)14-8-6-5-7-9-17-29-31(3,4)30-27-16-11-10-15-26(27)18-19-28(30)32(29)21-12-13-22-39(33,34)35;/h5-11,14-20,24-25H,12-13,21-23H2,1-4H3,(H,33,34,35)(H,36,37,38);1H2. The number of fused-ring (bicyclic) bond motifs is 3. The van der Waals surface area contributed by atoms with Crippen LogP contribution in [0.4, 0.5) is 5.69 Å². The summed E-state index contributed by atoms with van der Waals surface area (Å²) >= 11 is 0. The average Bonchev–Trinajstić information content (AvgIpc) is 3.07. The second-order valence-electron chi connectivity index (χ2n) is 11.0. The summed E-state index contributed by atoms with van der Waals surface area (Å²) in [6.45, 7) is 9.00. The van der Waals surface area contributed by atoms with Gasteiger partial charge >= 0.3 is 0 Å². The normalized spacial score (nSPS) is 17.3. The molecule has 1 heterocycles. The van der Waals surface area contributed by atoms with Crippen molar-refractivity contribution in [2.24, 2.45) is 11.8 Å². The Hall–Kier alpha value is -2.76. The molecule has 41 heavy (non-hydrogen) atoms. The van der Waals surface area contributed by atoms with Crippen molar-refractivity contribution in [2.45, 2.75) is 46.0 Å². The van der Waals surface area contributed by atoms with Crippen LogP contribution in [-0.2, 0) is 25.7 Å². The molecule has 1 unspecified atom stereocenters. The Balaban J connectivity index is 0.00000588. The molecular formula is C31H42NO7S2. The van der Waals surface area contributed by atoms with Crippen molar-refractivity contribution < 1.29 is 31.4 Å². The Morgan fingerprint density at radius 2 is 1.54 bits per heavy atom. The average molecular weight is 605 g/mol. The zero-order chi connectivity index (χ0) is 29.6. The molecule has 1 aliphatic heterocycles. The number of unbranched alkanes of at least 4 members (excludes halogenated alkanes) is 1. The van der Waals surface area contributed by atoms with Crippen LogP contribution in [-0.4, -0.2) is 49.5 Å². The van der Waals surface area contributed by atoms with Crippen molar-refractivity contribution in [3.63, 3.8) is 0 Å². The Morgan fingerprint density at radius 3 is 2.20 bits per heavy atom. The summed E-state index contributed by atoms with van der Waals surface area (Å²) < 4.78 is 62.7. The molecule has 0 spiro atoms. The van der Waals surface area contributed by atoms with Crippen LogP contribution in [0.15, 0.2) is 84.6 Å². The molecule has 225 valence electrons. The topological polar surface area (TPSA) is 143 Å². The van der Waals surface area contributed by atoms with Crippen molar-refractivity contribution >= 4 is 36.7 Å². The van der Waals surface area contributed by atoms with Crippen molar-refractivity contribution in [1.82, 2.24) is 0 Å². The highest BCUT2D eigenvalue weighted by Gasteiger charge is 2.40. The van der Waals surface area contributed by atoms with E-state index in [1.54, 1.807) is 6.42 Å². The third-order valence-electron chi connectivity index (χ3n) is 7.17. The Bertz CT molecular complexity index is 1520. The van der Waals surface area contributed by atoms with Crippen LogP contribution in [0.3, 0.4) is 0 Å². The maximum absolute atomic E-state index is 11.2. The van der Waals surface area contributed by atoms with E-state index in [1.165, 1.54) is 16.3 Å². The lowest BCUT2D eigenvalue weighted by atomic mass is 9.81. The number of anilines is 1. The van der Waals surface area contributed by atoms with Gasteiger partial charge in [0, 0.05) is 23.3 Å². The lowest BCUT2D eigenvalue weighted by Crippen LogP contribution is -2.27. The van der Waals surface area contributed by atoms with E-state index in [2.05, 4.69) is 49.1 Å². The number of allylic oxidation sites excluding steroid dienone is 8. The minimum atomic E-state index is -4.03. The van der Waals surface area contributed by atoms with Crippen LogP contribution < -0.4 is 4.90 Å². The lowest BCUT2D eigenvalue weighted by Gasteiger charge is -2.27. The minimum Gasteiger partial charge on any atom is -0.412 e. The number of hydrogen-bond donors (Lipinski definition) is 2. The van der Waals surface area contributed by atoms with E-state index in [1.807, 2.05) is 62.4 Å². The first-order valence-electron chi connectivity index (χ1n) is 13.5. The predicted octanol–water partition coefficient (Wildman–Crippen LogP) is 5.70. The van der Waals surface area contributed by atoms with Gasteiger partial charge in [-0.3, -0.25) is 9.11 Å². The molecule has 0 aliphatic carbocycles. The van der Waals surface area contributed by atoms with E-state index in [0.29, 0.717) is 19.4 Å². The van der Waals surface area contributed by atoms with Crippen LogP contribution >= 0.6 is 0 Å². The fourth-order valence-electron chi connectivity index (χ4n) is 5.17. The molecule has 1 atom stereocenters. The molecule has 0 saturated heterocycles. The smallest absolute Gasteiger partial charge is 0.265 e. The zero-order valence-electron chi connectivity index (χ0n) is 24.1. The van der Waals surface area contributed by atoms with Gasteiger partial charge in [-0.2, -0.15) is 16.8 Å². The molecular weight excluding hydrogens is 562 g/mol. The van der Waals surface area contributed by atoms with Gasteiger partial charge in [0.25, 0.3) is 20.2 Å². The number of rotatable bonds is 13. The van der Waals surface area contributed by atoms with Crippen molar-refractivity contribution in [3.05, 3.63) is 96.6 Å². The Morgan fingerprint density at radius 1 is 0.878 bits per heavy atom. The summed E-state index contributed by atoms with van der Waals surface area (Å²) in [4.78, 5) is 2.25. The van der Waals surface area contributed by atoms with Crippen molar-refractivity contribution in [2.75, 3.05) is 23.0 Å². The molecule has 2 aromatic carbocycles. The van der Waals surface area contributed by atoms with Gasteiger partial charge in [-0.25, -0.2) is 0 Å². The molecule has 3 rings (SSSR count). The molecule has 0 saturated carbocycles. The Kier molecular flexibility index (Phi) is 12.1. The molecule has 2 aromatic rings. The summed E-state index contributed by atoms with van der Waals surface area (Å²) in [6, 6.07) is 12.5. The third kappa shape index (κ3) is 9.65. The second kappa shape index (κ2) is 14.4. The first kappa shape index (κ1) is 34.4. The summed E-state index contributed by atoms with van der Waals surface area (Å²) in [6.07, 6.45) is 16.1. The highest BCUT2D eigenvalue weighted by molar-refractivity contribution is 7.86. The number of benzene rings is 2. The van der Waals surface area contributed by atoms with E-state index in [-0.39, 0.29) is 34.2 Å². The molecule has 10 heteroatoms. The maximum Gasteiger partial charge on any atom is 0.265 e. The van der Waals surface area contributed by atoms with Gasteiger partial charge < -0.3 is 10.4 Å². The molecule has 0 amide bonds. The number of hydrogen-bond acceptors (Lipinski definition) is 5. The molecule has 0 fully saturated rings. The monoisotopic (exact) mass is 604 g/mol. The summed E-state index contributed by atoms with van der Waals surface area (Å²) in [5.74, 6) is -0.522. The Labute approximate surface area is 245 Å². The first-order valence-corrected chi connectivity index (χ1v) is 16.7. The van der Waals surface area contributed by atoms with Crippen LogP contribution in [0.2, 0.25) is 0 Å². The van der Waals surface area contributed by atoms with Crippen molar-refractivity contribution in [3.8, 4) is 0 Å². The van der Waals surface area contributed by atoms with E-state index in [9.17, 15) is 16.8 Å². The van der Waals surface area contributed by atoms with Crippen LogP contribution in [0.5, 0.6) is 0 Å². The van der Waals surface area contributed by atoms with E-state index in [0.717, 1.165) is 11.4 Å². The van der Waals surface area contributed by atoms with Gasteiger partial charge in [0.05, 0.1) is 11.5 Å². The minimum absolute atomic E-state index is 0. The van der Waals surface area contributed by atoms with Gasteiger partial charge in [0.2, 0.25) is 0 Å². The van der Waals surface area contributed by atoms with Crippen LogP contribution in [0.1, 0.15) is 46.1 Å². The predicted molar refractivity (Wildman–Crippen MR) is 168 cm³/mol. The van der Waals surface area contributed by atoms with Crippen LogP contribution in [0.25, 0.3) is 10.8 Å². The third-order valence-corrected chi connectivity index (χ3v) is 8.59. The zero-order valence-corrected chi connectivity index (χ0v) is 25.7. The summed E-state index contributed by atoms with van der Waals surface area (Å²) in [7, 11) is -8.02. The van der Waals surface area contributed by atoms with Crippen molar-refractivity contribution in [1.29, 1.82) is 0 Å². The molecule has 0 aromatic heterocycles. The van der Waals surface area contributed by atoms with Crippen LogP contribution in [0, 0.1) is 18.3 Å². The van der Waals surface area contributed by atoms with Gasteiger partial charge in [-0.05, 0) is 59.6 Å². The quantitative estimate of drug-likeness (QED) is 0.170. The lowest BCUT2D eigenvalue weighted by molar-refractivity contribution is 0.475. The van der Waals surface area contributed by atoms with E-state index in [4.69, 9.17) is 9.11 Å². The van der Waals surface area contributed by atoms with Gasteiger partial charge in [0.1, 0.15) is 0 Å². The van der Waals surface area contributed by atoms with Gasteiger partial charge in [0.15, 0.2) is 0 Å². The van der Waals surface area contributed by atoms with Gasteiger partial charge in [-0.15, -0.1) is 0 Å². The summed E-state index contributed by atoms with van der Waals surface area (Å²) in [5, 5.41) is 2.36. The largest absolute Gasteiger partial charge is 0.412 e. The highest BCUT2D eigenvalue weighted by atomic mass is 32.2. The molecule has 8 nitrogen and oxygen atoms in total. The van der Waals surface area contributed by atoms with Gasteiger partial charge in [-0.1, -0.05) is 94.5 Å². The maximum atomic E-state index is 11.2. The molecule has 1 aliphatic rings. The molecule has 4 N–H and O–H groups in total. The highest BCUT2D eigenvalue weighted by Crippen LogP contribution is 2.50. The fourth-order valence-corrected chi connectivity index (χ4v) is 6.20. The molecule has 0 bridgehead atoms. The molecule has 1 radical (unpaired) electrons. The fraction of sp³-hybridized carbons (Fsp3) is 0.387. The second-order valence-corrected chi connectivity index (χ2v) is 14.0. The SMILES string of the molecule is CC(C)C([CH]CS(=O)(=O)O)C=CC=CC=CC=C1N(CCCCS(=O)(=O)O)c2ccc3ccccc3c2C1(C)C.O. The summed E-state index contributed by atoms with van der Waals surface area (Å²) in [5.41, 5.74) is 3.15.